The smallest absolute Gasteiger partial charge is 0.264 e. The summed E-state index contributed by atoms with van der Waals surface area (Å²) in [5, 5.41) is 5.87. The molecule has 25 heavy (non-hydrogen) atoms. The number of carbonyl (C=O) groups excluding carboxylic acids is 1. The molecule has 0 saturated heterocycles. The van der Waals surface area contributed by atoms with E-state index in [1.54, 1.807) is 0 Å². The Labute approximate surface area is 169 Å². The van der Waals surface area contributed by atoms with Crippen LogP contribution in [0.4, 0.5) is 5.69 Å². The fourth-order valence-electron chi connectivity index (χ4n) is 2.38. The zero-order chi connectivity index (χ0) is 18.6. The quantitative estimate of drug-likeness (QED) is 0.596. The number of hydrogen-bond acceptors (Lipinski definition) is 3. The minimum Gasteiger partial charge on any atom is -0.482 e. The van der Waals surface area contributed by atoms with Crippen LogP contribution in [0.15, 0.2) is 39.3 Å². The number of rotatable bonds is 4. The predicted octanol–water partition coefficient (Wildman–Crippen LogP) is 5.03. The molecule has 0 saturated carbocycles. The van der Waals surface area contributed by atoms with E-state index in [9.17, 15) is 4.79 Å². The lowest BCUT2D eigenvalue weighted by atomic mass is 10.1. The lowest BCUT2D eigenvalue weighted by Crippen LogP contribution is -2.37. The Morgan fingerprint density at radius 2 is 1.72 bits per heavy atom. The summed E-state index contributed by atoms with van der Waals surface area (Å²) in [6, 6.07) is 9.78. The highest BCUT2D eigenvalue weighted by atomic mass is 79.9. The zero-order valence-electron chi connectivity index (χ0n) is 14.1. The van der Waals surface area contributed by atoms with Crippen molar-refractivity contribution in [3.05, 3.63) is 56.0 Å². The maximum absolute atomic E-state index is 12.1. The van der Waals surface area contributed by atoms with Crippen LogP contribution in [0.25, 0.3) is 0 Å². The normalized spacial score (nSPS) is 10.3. The maximum Gasteiger partial charge on any atom is 0.264 e. The largest absolute Gasteiger partial charge is 0.482 e. The van der Waals surface area contributed by atoms with Crippen molar-refractivity contribution in [3.8, 4) is 5.75 Å². The number of nitrogens with one attached hydrogen (secondary N) is 2. The minimum atomic E-state index is -0.323. The molecule has 132 valence electrons. The van der Waals surface area contributed by atoms with Gasteiger partial charge in [-0.3, -0.25) is 10.1 Å². The Kier molecular flexibility index (Phi) is 6.98. The average molecular weight is 486 g/mol. The molecule has 0 heterocycles. The Morgan fingerprint density at radius 3 is 2.32 bits per heavy atom. The van der Waals surface area contributed by atoms with Crippen LogP contribution in [0, 0.1) is 20.8 Å². The zero-order valence-corrected chi connectivity index (χ0v) is 18.1. The first kappa shape index (κ1) is 19.9. The second-order valence-corrected chi connectivity index (χ2v) is 7.88. The van der Waals surface area contributed by atoms with Crippen molar-refractivity contribution in [1.82, 2.24) is 5.32 Å². The van der Waals surface area contributed by atoms with E-state index in [1.807, 2.05) is 45.0 Å². The molecule has 2 N–H and O–H groups in total. The van der Waals surface area contributed by atoms with Gasteiger partial charge in [0.25, 0.3) is 5.91 Å². The molecular formula is C18H18Br2N2O2S. The van der Waals surface area contributed by atoms with Crippen LogP contribution in [-0.2, 0) is 4.79 Å². The molecule has 0 aliphatic rings. The van der Waals surface area contributed by atoms with E-state index in [1.165, 1.54) is 0 Å². The summed E-state index contributed by atoms with van der Waals surface area (Å²) in [5.74, 6) is 0.308. The molecule has 2 rings (SSSR count). The van der Waals surface area contributed by atoms with E-state index in [-0.39, 0.29) is 17.6 Å². The number of thiocarbonyl (C=S) groups is 1. The van der Waals surface area contributed by atoms with Gasteiger partial charge in [-0.2, -0.15) is 0 Å². The van der Waals surface area contributed by atoms with Crippen LogP contribution in [0.3, 0.4) is 0 Å². The van der Waals surface area contributed by atoms with Gasteiger partial charge in [-0.15, -0.1) is 0 Å². The molecule has 0 bridgehead atoms. The van der Waals surface area contributed by atoms with Crippen molar-refractivity contribution in [2.45, 2.75) is 20.8 Å². The van der Waals surface area contributed by atoms with Crippen LogP contribution >= 0.6 is 44.1 Å². The molecule has 0 atom stereocenters. The van der Waals surface area contributed by atoms with E-state index in [0.29, 0.717) is 5.75 Å². The highest BCUT2D eigenvalue weighted by molar-refractivity contribution is 9.11. The fourth-order valence-corrected chi connectivity index (χ4v) is 4.17. The first-order valence-corrected chi connectivity index (χ1v) is 9.51. The molecule has 0 spiro atoms. The van der Waals surface area contributed by atoms with Gasteiger partial charge in [0.2, 0.25) is 0 Å². The summed E-state index contributed by atoms with van der Waals surface area (Å²) in [6.07, 6.45) is 0. The van der Waals surface area contributed by atoms with Gasteiger partial charge in [0.05, 0.1) is 4.47 Å². The molecule has 0 aromatic heterocycles. The molecule has 0 fully saturated rings. The van der Waals surface area contributed by atoms with Crippen LogP contribution in [-0.4, -0.2) is 17.6 Å². The van der Waals surface area contributed by atoms with Gasteiger partial charge in [0, 0.05) is 10.2 Å². The lowest BCUT2D eigenvalue weighted by molar-refractivity contribution is -0.121. The SMILES string of the molecule is Cc1cc(C)cc(NC(=S)NC(=O)COc2c(C)cc(Br)cc2Br)c1. The van der Waals surface area contributed by atoms with Gasteiger partial charge < -0.3 is 10.1 Å². The molecule has 1 amide bonds. The molecule has 2 aromatic rings. The van der Waals surface area contributed by atoms with Gasteiger partial charge in [-0.05, 0) is 89.9 Å². The van der Waals surface area contributed by atoms with E-state index in [4.69, 9.17) is 17.0 Å². The maximum atomic E-state index is 12.1. The van der Waals surface area contributed by atoms with Crippen LogP contribution in [0.1, 0.15) is 16.7 Å². The van der Waals surface area contributed by atoms with Gasteiger partial charge >= 0.3 is 0 Å². The first-order chi connectivity index (χ1) is 11.7. The van der Waals surface area contributed by atoms with E-state index in [2.05, 4.69) is 48.6 Å². The Bertz CT molecular complexity index is 781. The summed E-state index contributed by atoms with van der Waals surface area (Å²) in [6.45, 7) is 5.79. The van der Waals surface area contributed by atoms with Gasteiger partial charge in [0.1, 0.15) is 5.75 Å². The number of aryl methyl sites for hydroxylation is 3. The van der Waals surface area contributed by atoms with Gasteiger partial charge in [0.15, 0.2) is 11.7 Å². The van der Waals surface area contributed by atoms with E-state index >= 15 is 0 Å². The number of ether oxygens (including phenoxy) is 1. The number of anilines is 1. The van der Waals surface area contributed by atoms with Crippen molar-refractivity contribution in [3.63, 3.8) is 0 Å². The molecule has 4 nitrogen and oxygen atoms in total. The van der Waals surface area contributed by atoms with Crippen molar-refractivity contribution in [2.24, 2.45) is 0 Å². The third-order valence-corrected chi connectivity index (χ3v) is 4.53. The summed E-state index contributed by atoms with van der Waals surface area (Å²) in [4.78, 5) is 12.1. The topological polar surface area (TPSA) is 50.4 Å². The summed E-state index contributed by atoms with van der Waals surface area (Å²) >= 11 is 12.0. The van der Waals surface area contributed by atoms with Crippen molar-refractivity contribution >= 4 is 60.8 Å². The molecular weight excluding hydrogens is 468 g/mol. The van der Waals surface area contributed by atoms with Gasteiger partial charge in [-0.1, -0.05) is 22.0 Å². The van der Waals surface area contributed by atoms with E-state index < -0.39 is 0 Å². The molecule has 7 heteroatoms. The Hall–Kier alpha value is -1.44. The molecule has 0 unspecified atom stereocenters. The number of hydrogen-bond donors (Lipinski definition) is 2. The fraction of sp³-hybridized carbons (Fsp3) is 0.222. The number of benzene rings is 2. The van der Waals surface area contributed by atoms with Crippen molar-refractivity contribution in [2.75, 3.05) is 11.9 Å². The number of carbonyl (C=O) groups is 1. The van der Waals surface area contributed by atoms with Crippen LogP contribution in [0.5, 0.6) is 5.75 Å². The predicted molar refractivity (Wildman–Crippen MR) is 112 cm³/mol. The second kappa shape index (κ2) is 8.78. The summed E-state index contributed by atoms with van der Waals surface area (Å²) < 4.78 is 7.32. The average Bonchev–Trinajstić information content (AvgIpc) is 2.44. The molecule has 2 aromatic carbocycles. The third-order valence-electron chi connectivity index (χ3n) is 3.27. The van der Waals surface area contributed by atoms with Gasteiger partial charge in [-0.25, -0.2) is 0 Å². The molecule has 0 aliphatic heterocycles. The Balaban J connectivity index is 1.91. The molecule has 0 radical (unpaired) electrons. The van der Waals surface area contributed by atoms with Crippen LogP contribution < -0.4 is 15.4 Å². The highest BCUT2D eigenvalue weighted by Crippen LogP contribution is 2.32. The Morgan fingerprint density at radius 1 is 1.08 bits per heavy atom. The summed E-state index contributed by atoms with van der Waals surface area (Å²) in [5.41, 5.74) is 4.01. The molecule has 0 aliphatic carbocycles. The number of halogens is 2. The standard InChI is InChI=1S/C18H18Br2N2O2S/c1-10-4-11(2)6-14(5-10)21-18(25)22-16(23)9-24-17-12(3)7-13(19)8-15(17)20/h4-8H,9H2,1-3H3,(H2,21,22,23,25). The number of amides is 1. The monoisotopic (exact) mass is 484 g/mol. The first-order valence-electron chi connectivity index (χ1n) is 7.52. The minimum absolute atomic E-state index is 0.129. The van der Waals surface area contributed by atoms with Crippen molar-refractivity contribution in [1.29, 1.82) is 0 Å². The lowest BCUT2D eigenvalue weighted by Gasteiger charge is -2.13. The second-order valence-electron chi connectivity index (χ2n) is 5.70. The highest BCUT2D eigenvalue weighted by Gasteiger charge is 2.11. The van der Waals surface area contributed by atoms with Crippen molar-refractivity contribution < 1.29 is 9.53 Å². The van der Waals surface area contributed by atoms with Crippen LogP contribution in [0.2, 0.25) is 0 Å². The third kappa shape index (κ3) is 6.09. The summed E-state index contributed by atoms with van der Waals surface area (Å²) in [7, 11) is 0. The van der Waals surface area contributed by atoms with E-state index in [0.717, 1.165) is 31.3 Å².